The van der Waals surface area contributed by atoms with Gasteiger partial charge in [0.15, 0.2) is 0 Å². The largest absolute Gasteiger partial charge is 0.491 e. The van der Waals surface area contributed by atoms with Crippen molar-refractivity contribution in [2.75, 3.05) is 6.61 Å². The van der Waals surface area contributed by atoms with Crippen LogP contribution < -0.4 is 5.46 Å². The Kier molecular flexibility index (Phi) is 5.58. The van der Waals surface area contributed by atoms with E-state index in [2.05, 4.69) is 6.92 Å². The van der Waals surface area contributed by atoms with Crippen LogP contribution in [0, 0.1) is 17.7 Å². The summed E-state index contributed by atoms with van der Waals surface area (Å²) in [5, 5.41) is 18.1. The van der Waals surface area contributed by atoms with Crippen LogP contribution in [0.5, 0.6) is 0 Å². The zero-order chi connectivity index (χ0) is 14.5. The second-order valence-electron chi connectivity index (χ2n) is 5.88. The maximum absolute atomic E-state index is 13.3. The van der Waals surface area contributed by atoms with Crippen molar-refractivity contribution in [3.63, 3.8) is 0 Å². The Morgan fingerprint density at radius 2 is 2.15 bits per heavy atom. The lowest BCUT2D eigenvalue weighted by Crippen LogP contribution is -2.33. The van der Waals surface area contributed by atoms with Crippen LogP contribution in [0.1, 0.15) is 38.2 Å². The monoisotopic (exact) mass is 280 g/mol. The molecule has 110 valence electrons. The van der Waals surface area contributed by atoms with Crippen LogP contribution in [-0.2, 0) is 11.3 Å². The van der Waals surface area contributed by atoms with Gasteiger partial charge in [0.05, 0.1) is 6.61 Å². The van der Waals surface area contributed by atoms with Gasteiger partial charge in [-0.2, -0.15) is 0 Å². The van der Waals surface area contributed by atoms with Gasteiger partial charge < -0.3 is 14.8 Å². The molecule has 0 saturated heterocycles. The van der Waals surface area contributed by atoms with Crippen LogP contribution in [0.2, 0.25) is 0 Å². The zero-order valence-corrected chi connectivity index (χ0v) is 11.9. The van der Waals surface area contributed by atoms with Gasteiger partial charge >= 0.3 is 7.12 Å². The first kappa shape index (κ1) is 15.5. The molecule has 3 nitrogen and oxygen atoms in total. The molecule has 1 saturated carbocycles. The van der Waals surface area contributed by atoms with Crippen LogP contribution in [0.15, 0.2) is 18.2 Å². The third-order valence-corrected chi connectivity index (χ3v) is 4.01. The van der Waals surface area contributed by atoms with Gasteiger partial charge in [-0.25, -0.2) is 4.39 Å². The highest BCUT2D eigenvalue weighted by atomic mass is 19.1. The Hall–Kier alpha value is -0.905. The summed E-state index contributed by atoms with van der Waals surface area (Å²) < 4.78 is 19.0. The number of halogens is 1. The molecule has 1 aromatic carbocycles. The number of hydrogen-bond acceptors (Lipinski definition) is 3. The van der Waals surface area contributed by atoms with Gasteiger partial charge in [-0.15, -0.1) is 0 Å². The molecule has 2 rings (SSSR count). The van der Waals surface area contributed by atoms with E-state index in [0.717, 1.165) is 18.1 Å². The van der Waals surface area contributed by atoms with Crippen molar-refractivity contribution in [2.45, 2.75) is 39.2 Å². The van der Waals surface area contributed by atoms with Crippen LogP contribution >= 0.6 is 0 Å². The number of hydrogen-bond donors (Lipinski definition) is 2. The second kappa shape index (κ2) is 7.20. The summed E-state index contributed by atoms with van der Waals surface area (Å²) in [6.07, 6.45) is 5.01. The maximum atomic E-state index is 13.3. The first-order chi connectivity index (χ1) is 9.56. The molecule has 1 fully saturated rings. The molecular formula is C15H22BFO3. The molecule has 0 spiro atoms. The summed E-state index contributed by atoms with van der Waals surface area (Å²) in [7, 11) is -1.78. The molecule has 2 N–H and O–H groups in total. The van der Waals surface area contributed by atoms with Gasteiger partial charge in [0.25, 0.3) is 0 Å². The Morgan fingerprint density at radius 1 is 1.35 bits per heavy atom. The molecular weight excluding hydrogens is 258 g/mol. The highest BCUT2D eigenvalue weighted by Gasteiger charge is 2.19. The van der Waals surface area contributed by atoms with Crippen molar-refractivity contribution in [1.82, 2.24) is 0 Å². The predicted octanol–water partition coefficient (Wildman–Crippen LogP) is 1.85. The average molecular weight is 280 g/mol. The zero-order valence-electron chi connectivity index (χ0n) is 11.9. The minimum absolute atomic E-state index is 0.0996. The molecule has 0 amide bonds. The van der Waals surface area contributed by atoms with Gasteiger partial charge in [-0.3, -0.25) is 0 Å². The van der Waals surface area contributed by atoms with E-state index in [0.29, 0.717) is 12.5 Å². The Bertz CT molecular complexity index is 439. The SMILES string of the molecule is CC1CCCC(COCc2ccc(F)c(B(O)O)c2)C1. The van der Waals surface area contributed by atoms with Crippen LogP contribution in [-0.4, -0.2) is 23.8 Å². The third-order valence-electron chi connectivity index (χ3n) is 4.01. The maximum Gasteiger partial charge on any atom is 0.491 e. The molecule has 2 atom stereocenters. The van der Waals surface area contributed by atoms with Crippen molar-refractivity contribution in [1.29, 1.82) is 0 Å². The van der Waals surface area contributed by atoms with Crippen LogP contribution in [0.3, 0.4) is 0 Å². The number of benzene rings is 1. The molecule has 0 heterocycles. The van der Waals surface area contributed by atoms with Gasteiger partial charge in [0.2, 0.25) is 0 Å². The van der Waals surface area contributed by atoms with E-state index >= 15 is 0 Å². The van der Waals surface area contributed by atoms with Crippen molar-refractivity contribution in [3.05, 3.63) is 29.6 Å². The smallest absolute Gasteiger partial charge is 0.423 e. The summed E-state index contributed by atoms with van der Waals surface area (Å²) in [6, 6.07) is 4.31. The predicted molar refractivity (Wildman–Crippen MR) is 77.0 cm³/mol. The third kappa shape index (κ3) is 4.30. The lowest BCUT2D eigenvalue weighted by molar-refractivity contribution is 0.0658. The highest BCUT2D eigenvalue weighted by Crippen LogP contribution is 2.28. The van der Waals surface area contributed by atoms with Crippen molar-refractivity contribution in [3.8, 4) is 0 Å². The fourth-order valence-electron chi connectivity index (χ4n) is 2.94. The summed E-state index contributed by atoms with van der Waals surface area (Å²) in [5.74, 6) is 0.784. The minimum atomic E-state index is -1.78. The molecule has 0 aliphatic heterocycles. The Morgan fingerprint density at radius 3 is 2.85 bits per heavy atom. The molecule has 1 aliphatic rings. The molecule has 1 aromatic rings. The second-order valence-corrected chi connectivity index (χ2v) is 5.88. The first-order valence-electron chi connectivity index (χ1n) is 7.28. The van der Waals surface area contributed by atoms with E-state index < -0.39 is 12.9 Å². The Balaban J connectivity index is 1.83. The van der Waals surface area contributed by atoms with E-state index in [1.165, 1.54) is 37.8 Å². The molecule has 1 aliphatic carbocycles. The highest BCUT2D eigenvalue weighted by molar-refractivity contribution is 6.58. The minimum Gasteiger partial charge on any atom is -0.423 e. The fraction of sp³-hybridized carbons (Fsp3) is 0.600. The van der Waals surface area contributed by atoms with E-state index in [9.17, 15) is 4.39 Å². The van der Waals surface area contributed by atoms with Crippen molar-refractivity contribution < 1.29 is 19.2 Å². The quantitative estimate of drug-likeness (QED) is 0.809. The lowest BCUT2D eigenvalue weighted by Gasteiger charge is -2.26. The van der Waals surface area contributed by atoms with E-state index in [4.69, 9.17) is 14.8 Å². The molecule has 20 heavy (non-hydrogen) atoms. The number of rotatable bonds is 5. The molecule has 2 unspecified atom stereocenters. The Labute approximate surface area is 119 Å². The van der Waals surface area contributed by atoms with E-state index in [1.54, 1.807) is 6.07 Å². The van der Waals surface area contributed by atoms with Crippen molar-refractivity contribution >= 4 is 12.6 Å². The molecule has 5 heteroatoms. The fourth-order valence-corrected chi connectivity index (χ4v) is 2.94. The lowest BCUT2D eigenvalue weighted by atomic mass is 9.79. The summed E-state index contributed by atoms with van der Waals surface area (Å²) in [6.45, 7) is 3.38. The van der Waals surface area contributed by atoms with Gasteiger partial charge in [-0.1, -0.05) is 31.9 Å². The standard InChI is InChI=1S/C15H22BFO3/c1-11-3-2-4-12(7-11)9-20-10-13-5-6-15(17)14(8-13)16(18)19/h5-6,8,11-12,18-19H,2-4,7,9-10H2,1H3. The summed E-state index contributed by atoms with van der Waals surface area (Å²) in [5.41, 5.74) is 0.663. The number of ether oxygens (including phenoxy) is 1. The molecule has 0 radical (unpaired) electrons. The van der Waals surface area contributed by atoms with Gasteiger partial charge in [-0.05, 0) is 36.3 Å². The van der Waals surface area contributed by atoms with Crippen LogP contribution in [0.4, 0.5) is 4.39 Å². The van der Waals surface area contributed by atoms with Crippen LogP contribution in [0.25, 0.3) is 0 Å². The summed E-state index contributed by atoms with van der Waals surface area (Å²) in [4.78, 5) is 0. The first-order valence-corrected chi connectivity index (χ1v) is 7.28. The van der Waals surface area contributed by atoms with Gasteiger partial charge in [0.1, 0.15) is 5.82 Å². The average Bonchev–Trinajstić information content (AvgIpc) is 2.40. The normalized spacial score (nSPS) is 22.8. The molecule has 0 bridgehead atoms. The topological polar surface area (TPSA) is 49.7 Å². The summed E-state index contributed by atoms with van der Waals surface area (Å²) >= 11 is 0. The molecule has 0 aromatic heterocycles. The van der Waals surface area contributed by atoms with Gasteiger partial charge in [0, 0.05) is 12.1 Å². The van der Waals surface area contributed by atoms with E-state index in [-0.39, 0.29) is 5.46 Å². The van der Waals surface area contributed by atoms with Crippen molar-refractivity contribution in [2.24, 2.45) is 11.8 Å². The van der Waals surface area contributed by atoms with E-state index in [1.807, 2.05) is 0 Å².